The number of nitrogen functional groups attached to an aromatic ring is 1. The lowest BCUT2D eigenvalue weighted by atomic mass is 10.3. The van der Waals surface area contributed by atoms with Gasteiger partial charge in [-0.3, -0.25) is 0 Å². The third kappa shape index (κ3) is 1.12. The van der Waals surface area contributed by atoms with Crippen LogP contribution in [0.5, 0.6) is 0 Å². The Balaban J connectivity index is 2.43. The Labute approximate surface area is 68.2 Å². The summed E-state index contributed by atoms with van der Waals surface area (Å²) in [5.74, 6) is 0.917. The first-order valence-electron chi connectivity index (χ1n) is 3.35. The molecule has 0 amide bonds. The van der Waals surface area contributed by atoms with Crippen LogP contribution in [-0.2, 0) is 0 Å². The number of nitrogens with zero attached hydrogens (tertiary/aromatic N) is 3. The molecule has 0 bridgehead atoms. The standard InChI is InChI=1S/C7H6N4O/c8-6-2-1-5(3-9-6)7-10-4-11-12-7/h1-4H,(H2,8,9). The van der Waals surface area contributed by atoms with E-state index in [2.05, 4.69) is 15.1 Å². The quantitative estimate of drug-likeness (QED) is 0.668. The molecule has 2 N–H and O–H groups in total. The van der Waals surface area contributed by atoms with Gasteiger partial charge in [0.1, 0.15) is 5.82 Å². The number of hydrogen-bond acceptors (Lipinski definition) is 5. The molecule has 0 radical (unpaired) electrons. The van der Waals surface area contributed by atoms with Gasteiger partial charge < -0.3 is 10.3 Å². The number of hydrogen-bond donors (Lipinski definition) is 1. The van der Waals surface area contributed by atoms with E-state index in [0.717, 1.165) is 5.56 Å². The highest BCUT2D eigenvalue weighted by molar-refractivity contribution is 5.52. The van der Waals surface area contributed by atoms with E-state index in [1.165, 1.54) is 6.33 Å². The minimum atomic E-state index is 0.447. The Morgan fingerprint density at radius 3 is 2.75 bits per heavy atom. The van der Waals surface area contributed by atoms with Crippen LogP contribution in [0.2, 0.25) is 0 Å². The maximum absolute atomic E-state index is 5.40. The van der Waals surface area contributed by atoms with Gasteiger partial charge in [-0.05, 0) is 12.1 Å². The van der Waals surface area contributed by atoms with E-state index in [1.807, 2.05) is 0 Å². The maximum atomic E-state index is 5.40. The van der Waals surface area contributed by atoms with Gasteiger partial charge in [0, 0.05) is 6.20 Å². The number of rotatable bonds is 1. The van der Waals surface area contributed by atoms with Crippen molar-refractivity contribution in [2.75, 3.05) is 5.73 Å². The predicted octanol–water partition coefficient (Wildman–Crippen LogP) is 0.714. The molecule has 0 spiro atoms. The molecule has 0 aromatic carbocycles. The number of pyridine rings is 1. The maximum Gasteiger partial charge on any atom is 0.259 e. The summed E-state index contributed by atoms with van der Waals surface area (Å²) in [5.41, 5.74) is 6.17. The van der Waals surface area contributed by atoms with Crippen LogP contribution in [0, 0.1) is 0 Å². The summed E-state index contributed by atoms with van der Waals surface area (Å²) in [6, 6.07) is 3.45. The Kier molecular flexibility index (Phi) is 1.48. The van der Waals surface area contributed by atoms with Crippen LogP contribution in [0.1, 0.15) is 0 Å². The van der Waals surface area contributed by atoms with E-state index in [4.69, 9.17) is 10.3 Å². The highest BCUT2D eigenvalue weighted by Crippen LogP contribution is 2.14. The van der Waals surface area contributed by atoms with Gasteiger partial charge >= 0.3 is 0 Å². The third-order valence-electron chi connectivity index (χ3n) is 1.39. The number of aromatic nitrogens is 3. The van der Waals surface area contributed by atoms with Crippen molar-refractivity contribution in [3.05, 3.63) is 24.7 Å². The molecular weight excluding hydrogens is 156 g/mol. The van der Waals surface area contributed by atoms with Crippen molar-refractivity contribution in [1.29, 1.82) is 0 Å². The van der Waals surface area contributed by atoms with E-state index in [1.54, 1.807) is 18.3 Å². The molecule has 0 unspecified atom stereocenters. The zero-order valence-corrected chi connectivity index (χ0v) is 6.14. The summed E-state index contributed by atoms with van der Waals surface area (Å²) in [5, 5.41) is 3.48. The first-order valence-corrected chi connectivity index (χ1v) is 3.35. The molecular formula is C7H6N4O. The van der Waals surface area contributed by atoms with Crippen molar-refractivity contribution in [3.63, 3.8) is 0 Å². The lowest BCUT2D eigenvalue weighted by Gasteiger charge is -1.93. The van der Waals surface area contributed by atoms with Crippen molar-refractivity contribution < 1.29 is 4.52 Å². The van der Waals surface area contributed by atoms with Crippen molar-refractivity contribution in [1.82, 2.24) is 15.1 Å². The summed E-state index contributed by atoms with van der Waals surface area (Å²) in [6.07, 6.45) is 2.93. The average Bonchev–Trinajstić information content (AvgIpc) is 2.58. The number of anilines is 1. The summed E-state index contributed by atoms with van der Waals surface area (Å²) < 4.78 is 4.82. The highest BCUT2D eigenvalue weighted by atomic mass is 16.5. The zero-order chi connectivity index (χ0) is 8.39. The molecule has 0 aliphatic rings. The fraction of sp³-hybridized carbons (Fsp3) is 0. The Bertz CT molecular complexity index is 353. The van der Waals surface area contributed by atoms with Crippen molar-refractivity contribution in [3.8, 4) is 11.5 Å². The molecule has 0 saturated heterocycles. The van der Waals surface area contributed by atoms with Gasteiger partial charge in [0.2, 0.25) is 0 Å². The molecule has 60 valence electrons. The van der Waals surface area contributed by atoms with Crippen molar-refractivity contribution in [2.45, 2.75) is 0 Å². The molecule has 0 fully saturated rings. The lowest BCUT2D eigenvalue weighted by molar-refractivity contribution is 0.430. The van der Waals surface area contributed by atoms with Gasteiger partial charge in [-0.25, -0.2) is 4.98 Å². The Morgan fingerprint density at radius 1 is 1.25 bits per heavy atom. The van der Waals surface area contributed by atoms with Crippen LogP contribution in [0.3, 0.4) is 0 Å². The van der Waals surface area contributed by atoms with Crippen LogP contribution < -0.4 is 5.73 Å². The second-order valence-corrected chi connectivity index (χ2v) is 2.22. The molecule has 12 heavy (non-hydrogen) atoms. The van der Waals surface area contributed by atoms with Crippen molar-refractivity contribution >= 4 is 5.82 Å². The second kappa shape index (κ2) is 2.61. The van der Waals surface area contributed by atoms with Crippen LogP contribution in [0.25, 0.3) is 11.5 Å². The van der Waals surface area contributed by atoms with E-state index < -0.39 is 0 Å². The summed E-state index contributed by atoms with van der Waals surface area (Å²) in [4.78, 5) is 7.74. The van der Waals surface area contributed by atoms with Gasteiger partial charge in [-0.15, -0.1) is 0 Å². The Hall–Kier alpha value is -1.91. The molecule has 0 atom stereocenters. The molecule has 0 aliphatic carbocycles. The molecule has 0 saturated carbocycles. The summed E-state index contributed by atoms with van der Waals surface area (Å²) in [6.45, 7) is 0. The van der Waals surface area contributed by atoms with Crippen LogP contribution in [-0.4, -0.2) is 15.1 Å². The molecule has 0 aliphatic heterocycles. The van der Waals surface area contributed by atoms with E-state index >= 15 is 0 Å². The minimum absolute atomic E-state index is 0.447. The molecule has 2 aromatic rings. The monoisotopic (exact) mass is 162 g/mol. The second-order valence-electron chi connectivity index (χ2n) is 2.22. The van der Waals surface area contributed by atoms with E-state index in [-0.39, 0.29) is 0 Å². The summed E-state index contributed by atoms with van der Waals surface area (Å²) >= 11 is 0. The van der Waals surface area contributed by atoms with Gasteiger partial charge in [0.05, 0.1) is 5.56 Å². The Morgan fingerprint density at radius 2 is 2.17 bits per heavy atom. The van der Waals surface area contributed by atoms with Crippen LogP contribution >= 0.6 is 0 Å². The van der Waals surface area contributed by atoms with Gasteiger partial charge in [-0.2, -0.15) is 4.98 Å². The first-order chi connectivity index (χ1) is 5.86. The third-order valence-corrected chi connectivity index (χ3v) is 1.39. The fourth-order valence-corrected chi connectivity index (χ4v) is 0.832. The normalized spacial score (nSPS) is 10.0. The SMILES string of the molecule is Nc1ccc(-c2ncno2)cn1. The first kappa shape index (κ1) is 6.78. The molecule has 2 heterocycles. The molecule has 2 aromatic heterocycles. The van der Waals surface area contributed by atoms with Crippen LogP contribution in [0.4, 0.5) is 5.82 Å². The number of nitrogens with two attached hydrogens (primary N) is 1. The van der Waals surface area contributed by atoms with E-state index in [0.29, 0.717) is 11.7 Å². The van der Waals surface area contributed by atoms with Gasteiger partial charge in [0.15, 0.2) is 6.33 Å². The lowest BCUT2D eigenvalue weighted by Crippen LogP contribution is -1.88. The molecule has 5 nitrogen and oxygen atoms in total. The highest BCUT2D eigenvalue weighted by Gasteiger charge is 2.02. The molecule has 5 heteroatoms. The average molecular weight is 162 g/mol. The largest absolute Gasteiger partial charge is 0.384 e. The minimum Gasteiger partial charge on any atom is -0.384 e. The van der Waals surface area contributed by atoms with Gasteiger partial charge in [-0.1, -0.05) is 5.16 Å². The summed E-state index contributed by atoms with van der Waals surface area (Å²) in [7, 11) is 0. The topological polar surface area (TPSA) is 77.8 Å². The zero-order valence-electron chi connectivity index (χ0n) is 6.14. The van der Waals surface area contributed by atoms with Crippen LogP contribution in [0.15, 0.2) is 29.2 Å². The smallest absolute Gasteiger partial charge is 0.259 e. The predicted molar refractivity (Wildman–Crippen MR) is 41.9 cm³/mol. The van der Waals surface area contributed by atoms with E-state index in [9.17, 15) is 0 Å². The van der Waals surface area contributed by atoms with Gasteiger partial charge in [0.25, 0.3) is 5.89 Å². The molecule has 2 rings (SSSR count). The fourth-order valence-electron chi connectivity index (χ4n) is 0.832. The van der Waals surface area contributed by atoms with Crippen molar-refractivity contribution in [2.24, 2.45) is 0 Å².